The van der Waals surface area contributed by atoms with Crippen molar-refractivity contribution in [2.45, 2.75) is 11.1 Å². The molecule has 0 fully saturated rings. The highest BCUT2D eigenvalue weighted by Gasteiger charge is 2.38. The lowest BCUT2D eigenvalue weighted by Gasteiger charge is -2.01. The number of hydrogen-bond acceptors (Lipinski definition) is 5. The fourth-order valence-electron chi connectivity index (χ4n) is 1.22. The van der Waals surface area contributed by atoms with Crippen LogP contribution in [0.5, 0.6) is 0 Å². The molecule has 0 aliphatic carbocycles. The van der Waals surface area contributed by atoms with Gasteiger partial charge >= 0.3 is 18.1 Å². The van der Waals surface area contributed by atoms with Crippen LogP contribution in [0.2, 0.25) is 0 Å². The summed E-state index contributed by atoms with van der Waals surface area (Å²) in [5.74, 6) is -2.31. The van der Waals surface area contributed by atoms with Crippen molar-refractivity contribution >= 4 is 24.1 Å². The molecule has 0 unspecified atom stereocenters. The number of carbonyl (C=O) groups is 1. The molecule has 0 aliphatic heterocycles. The molecule has 20 heavy (non-hydrogen) atoms. The zero-order valence-corrected chi connectivity index (χ0v) is 10.3. The topological polar surface area (TPSA) is 68.0 Å². The summed E-state index contributed by atoms with van der Waals surface area (Å²) < 4.78 is 53.0. The van der Waals surface area contributed by atoms with Gasteiger partial charge in [-0.1, -0.05) is 5.10 Å². The highest BCUT2D eigenvalue weighted by molar-refractivity contribution is 7.94. The van der Waals surface area contributed by atoms with E-state index in [4.69, 9.17) is 0 Å². The maximum absolute atomic E-state index is 12.2. The van der Waals surface area contributed by atoms with Gasteiger partial charge in [-0.25, -0.2) is 0 Å². The van der Waals surface area contributed by atoms with Gasteiger partial charge in [-0.3, -0.25) is 10.1 Å². The van der Waals surface area contributed by atoms with Gasteiger partial charge in [0.2, 0.25) is 0 Å². The van der Waals surface area contributed by atoms with Crippen molar-refractivity contribution < 1.29 is 26.3 Å². The first-order chi connectivity index (χ1) is 9.40. The summed E-state index contributed by atoms with van der Waals surface area (Å²) in [5.41, 5.74) is 0.106. The van der Waals surface area contributed by atoms with E-state index >= 15 is 0 Å². The summed E-state index contributed by atoms with van der Waals surface area (Å²) >= 11 is 0.00169. The third-order valence-corrected chi connectivity index (χ3v) is 2.54. The van der Waals surface area contributed by atoms with Crippen LogP contribution < -0.4 is 5.32 Å². The van der Waals surface area contributed by atoms with Crippen molar-refractivity contribution in [3.8, 4) is 0 Å². The van der Waals surface area contributed by atoms with E-state index in [1.165, 1.54) is 24.3 Å². The number of benzene rings is 1. The number of hydrogen-bond donors (Lipinski definition) is 1. The molecule has 5 nitrogen and oxygen atoms in total. The van der Waals surface area contributed by atoms with Gasteiger partial charge in [-0.2, -0.15) is 17.1 Å². The Morgan fingerprint density at radius 1 is 1.20 bits per heavy atom. The molecule has 1 N–H and O–H groups in total. The van der Waals surface area contributed by atoms with E-state index in [1.54, 1.807) is 0 Å². The lowest BCUT2D eigenvalue weighted by molar-refractivity contribution is -0.156. The largest absolute Gasteiger partial charge is 0.470 e. The van der Waals surface area contributed by atoms with Crippen LogP contribution in [-0.4, -0.2) is 16.1 Å². The molecule has 0 atom stereocenters. The highest BCUT2D eigenvalue weighted by atomic mass is 32.2. The van der Waals surface area contributed by atoms with Gasteiger partial charge in [0.1, 0.15) is 0 Å². The van der Waals surface area contributed by atoms with Gasteiger partial charge in [0, 0.05) is 10.5 Å². The van der Waals surface area contributed by atoms with Gasteiger partial charge in [0.05, 0.1) is 12.1 Å². The average Bonchev–Trinajstić information content (AvgIpc) is 2.87. The van der Waals surface area contributed by atoms with Gasteiger partial charge in [0.15, 0.2) is 0 Å². The summed E-state index contributed by atoms with van der Waals surface area (Å²) in [6.07, 6.45) is -4.78. The van der Waals surface area contributed by atoms with Crippen LogP contribution >= 0.6 is 12.1 Å². The lowest BCUT2D eigenvalue weighted by atomic mass is 10.2. The number of carbonyl (C=O) groups excluding carboxylic acids is 1. The third-order valence-electron chi connectivity index (χ3n) is 2.09. The Bertz CT molecular complexity index is 612. The lowest BCUT2D eigenvalue weighted by Crippen LogP contribution is -2.12. The molecular formula is C10H5F4N3O2S. The van der Waals surface area contributed by atoms with E-state index in [1.807, 2.05) is 5.32 Å². The van der Waals surface area contributed by atoms with E-state index in [0.717, 1.165) is 0 Å². The van der Waals surface area contributed by atoms with Crippen LogP contribution in [0.15, 0.2) is 33.6 Å². The second kappa shape index (κ2) is 5.49. The molecular weight excluding hydrogens is 302 g/mol. The van der Waals surface area contributed by atoms with Crippen molar-refractivity contribution in [3.05, 3.63) is 35.7 Å². The maximum Gasteiger partial charge on any atom is 0.470 e. The monoisotopic (exact) mass is 307 g/mol. The highest BCUT2D eigenvalue weighted by Crippen LogP contribution is 2.28. The molecule has 1 heterocycles. The van der Waals surface area contributed by atoms with Crippen molar-refractivity contribution in [2.24, 2.45) is 0 Å². The number of nitrogens with one attached hydrogen (secondary N) is 1. The summed E-state index contributed by atoms with van der Waals surface area (Å²) in [5, 5.41) is 7.81. The zero-order chi connectivity index (χ0) is 14.8. The summed E-state index contributed by atoms with van der Waals surface area (Å²) in [4.78, 5) is 11.9. The molecule has 0 radical (unpaired) electrons. The standard InChI is InChI=1S/C10H5F4N3O2S/c11-10(12,13)8-16-17-9(19-8)15-7(18)5-1-3-6(20-14)4-2-5/h1-4H,(H,15,17,18). The van der Waals surface area contributed by atoms with Crippen molar-refractivity contribution in [2.75, 3.05) is 5.32 Å². The molecule has 10 heteroatoms. The van der Waals surface area contributed by atoms with E-state index in [2.05, 4.69) is 14.6 Å². The SMILES string of the molecule is O=C(Nc1nnc(C(F)(F)F)o1)c1ccc(SF)cc1. The van der Waals surface area contributed by atoms with Crippen LogP contribution in [0.4, 0.5) is 23.1 Å². The second-order valence-electron chi connectivity index (χ2n) is 3.47. The van der Waals surface area contributed by atoms with Gasteiger partial charge in [-0.05, 0) is 24.3 Å². The Hall–Kier alpha value is -2.10. The molecule has 2 aromatic rings. The Balaban J connectivity index is 2.09. The Morgan fingerprint density at radius 2 is 1.85 bits per heavy atom. The summed E-state index contributed by atoms with van der Waals surface area (Å²) in [7, 11) is 0. The van der Waals surface area contributed by atoms with Crippen LogP contribution in [0.25, 0.3) is 0 Å². The molecule has 1 aromatic carbocycles. The minimum Gasteiger partial charge on any atom is -0.399 e. The van der Waals surface area contributed by atoms with E-state index in [9.17, 15) is 21.9 Å². The Morgan fingerprint density at radius 3 is 2.35 bits per heavy atom. The first-order valence-corrected chi connectivity index (χ1v) is 5.72. The zero-order valence-electron chi connectivity index (χ0n) is 9.44. The minimum atomic E-state index is -4.78. The number of halogens is 4. The molecule has 1 aromatic heterocycles. The number of anilines is 1. The number of nitrogens with zero attached hydrogens (tertiary/aromatic N) is 2. The molecule has 1 amide bonds. The normalized spacial score (nSPS) is 11.4. The molecule has 0 saturated carbocycles. The minimum absolute atomic E-state index is 0.00169. The van der Waals surface area contributed by atoms with Crippen LogP contribution in [0.1, 0.15) is 16.2 Å². The fourth-order valence-corrected chi connectivity index (χ4v) is 1.45. The molecule has 106 valence electrons. The van der Waals surface area contributed by atoms with Gasteiger partial charge in [-0.15, -0.1) is 5.10 Å². The number of aromatic nitrogens is 2. The quantitative estimate of drug-likeness (QED) is 0.881. The van der Waals surface area contributed by atoms with E-state index in [-0.39, 0.29) is 17.7 Å². The number of rotatable bonds is 3. The summed E-state index contributed by atoms with van der Waals surface area (Å²) in [6, 6.07) is 4.62. The van der Waals surface area contributed by atoms with Crippen LogP contribution in [0, 0.1) is 0 Å². The number of alkyl halides is 3. The smallest absolute Gasteiger partial charge is 0.399 e. The average molecular weight is 307 g/mol. The van der Waals surface area contributed by atoms with Gasteiger partial charge in [0.25, 0.3) is 5.91 Å². The first-order valence-electron chi connectivity index (χ1n) is 5.01. The molecule has 0 aliphatic rings. The summed E-state index contributed by atoms with van der Waals surface area (Å²) in [6.45, 7) is 0. The Kier molecular flexibility index (Phi) is 3.93. The van der Waals surface area contributed by atoms with Gasteiger partial charge < -0.3 is 4.42 Å². The molecule has 0 spiro atoms. The molecule has 2 rings (SSSR count). The number of amides is 1. The van der Waals surface area contributed by atoms with E-state index < -0.39 is 24.0 Å². The van der Waals surface area contributed by atoms with E-state index in [0.29, 0.717) is 4.90 Å². The predicted molar refractivity (Wildman–Crippen MR) is 60.7 cm³/mol. The van der Waals surface area contributed by atoms with Crippen molar-refractivity contribution in [1.29, 1.82) is 0 Å². The van der Waals surface area contributed by atoms with Crippen molar-refractivity contribution in [1.82, 2.24) is 10.2 Å². The maximum atomic E-state index is 12.2. The predicted octanol–water partition coefficient (Wildman–Crippen LogP) is 3.32. The second-order valence-corrected chi connectivity index (χ2v) is 4.09. The Labute approximate surface area is 113 Å². The van der Waals surface area contributed by atoms with Crippen LogP contribution in [-0.2, 0) is 6.18 Å². The molecule has 0 bridgehead atoms. The van der Waals surface area contributed by atoms with Crippen LogP contribution in [0.3, 0.4) is 0 Å². The molecule has 0 saturated heterocycles. The fraction of sp³-hybridized carbons (Fsp3) is 0.100. The first kappa shape index (κ1) is 14.3. The van der Waals surface area contributed by atoms with Crippen molar-refractivity contribution in [3.63, 3.8) is 0 Å². The third kappa shape index (κ3) is 3.26.